The highest BCUT2D eigenvalue weighted by atomic mass is 35.5. The van der Waals surface area contributed by atoms with Gasteiger partial charge in [0.15, 0.2) is 10.7 Å². The Bertz CT molecular complexity index is 1600. The second-order valence-electron chi connectivity index (χ2n) is 12.2. The number of pyridine rings is 1. The summed E-state index contributed by atoms with van der Waals surface area (Å²) in [4.78, 5) is 6.44. The fraction of sp³-hybridized carbons (Fsp3) is 0.452. The molecule has 0 bridgehead atoms. The summed E-state index contributed by atoms with van der Waals surface area (Å²) >= 11 is 6.43. The summed E-state index contributed by atoms with van der Waals surface area (Å²) < 4.78 is 85.2. The highest BCUT2D eigenvalue weighted by Crippen LogP contribution is 2.39. The molecule has 8 nitrogen and oxygen atoms in total. The lowest BCUT2D eigenvalue weighted by molar-refractivity contribution is 0.204. The van der Waals surface area contributed by atoms with Gasteiger partial charge in [-0.25, -0.2) is 26.5 Å². The number of rotatable bonds is 11. The summed E-state index contributed by atoms with van der Waals surface area (Å²) in [6.45, 7) is 8.69. The van der Waals surface area contributed by atoms with Crippen LogP contribution in [0.15, 0.2) is 47.4 Å². The predicted octanol–water partition coefficient (Wildman–Crippen LogP) is 6.37. The Morgan fingerprint density at radius 2 is 1.82 bits per heavy atom. The molecule has 1 aromatic heterocycles. The Morgan fingerprint density at radius 1 is 1.09 bits per heavy atom. The van der Waals surface area contributed by atoms with Crippen LogP contribution in [0.4, 0.5) is 24.7 Å². The molecule has 0 radical (unpaired) electrons. The number of sulfonamides is 1. The molecular formula is C31H38ClF3N4O4S. The fourth-order valence-electron chi connectivity index (χ4n) is 5.62. The molecule has 0 saturated carbocycles. The van der Waals surface area contributed by atoms with Gasteiger partial charge in [0, 0.05) is 43.9 Å². The quantitative estimate of drug-likeness (QED) is 0.176. The Balaban J connectivity index is 1.70. The van der Waals surface area contributed by atoms with Gasteiger partial charge in [-0.05, 0) is 49.1 Å². The van der Waals surface area contributed by atoms with E-state index in [4.69, 9.17) is 21.1 Å². The lowest BCUT2D eigenvalue weighted by Gasteiger charge is -2.29. The molecule has 240 valence electrons. The van der Waals surface area contributed by atoms with E-state index >= 15 is 8.78 Å². The van der Waals surface area contributed by atoms with E-state index in [-0.39, 0.29) is 28.6 Å². The molecule has 0 amide bonds. The fourth-order valence-corrected chi connectivity index (χ4v) is 7.46. The second-order valence-corrected chi connectivity index (χ2v) is 14.4. The molecule has 0 N–H and O–H groups in total. The van der Waals surface area contributed by atoms with Gasteiger partial charge >= 0.3 is 0 Å². The first-order valence-electron chi connectivity index (χ1n) is 14.1. The number of anilines is 2. The van der Waals surface area contributed by atoms with E-state index in [9.17, 15) is 12.8 Å². The average Bonchev–Trinajstić information content (AvgIpc) is 3.40. The molecule has 1 saturated heterocycles. The van der Waals surface area contributed by atoms with Crippen LogP contribution in [-0.4, -0.2) is 65.7 Å². The number of hydrogen-bond donors (Lipinski definition) is 0. The van der Waals surface area contributed by atoms with Crippen molar-refractivity contribution in [3.05, 3.63) is 70.6 Å². The van der Waals surface area contributed by atoms with Crippen molar-refractivity contribution in [2.45, 2.75) is 38.6 Å². The van der Waals surface area contributed by atoms with Gasteiger partial charge in [-0.2, -0.15) is 4.39 Å². The average molecular weight is 655 g/mol. The molecule has 0 unspecified atom stereocenters. The molecule has 1 aliphatic rings. The summed E-state index contributed by atoms with van der Waals surface area (Å²) in [5.74, 6) is -3.20. The lowest BCUT2D eigenvalue weighted by Crippen LogP contribution is -2.34. The molecule has 0 spiro atoms. The van der Waals surface area contributed by atoms with Crippen molar-refractivity contribution in [1.82, 2.24) is 9.88 Å². The lowest BCUT2D eigenvalue weighted by atomic mass is 9.95. The Hall–Kier alpha value is -3.22. The van der Waals surface area contributed by atoms with E-state index in [1.54, 1.807) is 11.0 Å². The van der Waals surface area contributed by atoms with Crippen molar-refractivity contribution in [2.24, 2.45) is 11.3 Å². The van der Waals surface area contributed by atoms with E-state index in [0.717, 1.165) is 31.6 Å². The minimum absolute atomic E-state index is 0.0776. The summed E-state index contributed by atoms with van der Waals surface area (Å²) in [7, 11) is -0.149. The Kier molecular flexibility index (Phi) is 10.3. The summed E-state index contributed by atoms with van der Waals surface area (Å²) in [6, 6.07) is 9.07. The molecule has 1 aliphatic heterocycles. The van der Waals surface area contributed by atoms with Gasteiger partial charge in [-0.15, -0.1) is 0 Å². The maximum atomic E-state index is 16.0. The van der Waals surface area contributed by atoms with Crippen molar-refractivity contribution in [2.75, 3.05) is 56.7 Å². The summed E-state index contributed by atoms with van der Waals surface area (Å²) in [6.07, 6.45) is 0.789. The third kappa shape index (κ3) is 7.52. The second kappa shape index (κ2) is 13.4. The van der Waals surface area contributed by atoms with Crippen LogP contribution in [0, 0.1) is 28.9 Å². The molecule has 4 rings (SSSR count). The normalized spacial score (nSPS) is 15.6. The van der Waals surface area contributed by atoms with E-state index in [0.29, 0.717) is 28.7 Å². The molecular weight excluding hydrogens is 617 g/mol. The maximum absolute atomic E-state index is 16.0. The van der Waals surface area contributed by atoms with Gasteiger partial charge in [0.1, 0.15) is 28.2 Å². The smallest absolute Gasteiger partial charge is 0.271 e. The van der Waals surface area contributed by atoms with Crippen LogP contribution in [0.1, 0.15) is 32.8 Å². The van der Waals surface area contributed by atoms with Crippen LogP contribution in [-0.2, 0) is 16.6 Å². The summed E-state index contributed by atoms with van der Waals surface area (Å²) in [5, 5.41) is -0.511. The molecule has 3 aromatic rings. The summed E-state index contributed by atoms with van der Waals surface area (Å²) in [5.41, 5.74) is 0.511. The van der Waals surface area contributed by atoms with E-state index in [1.165, 1.54) is 38.5 Å². The van der Waals surface area contributed by atoms with Gasteiger partial charge < -0.3 is 19.3 Å². The minimum atomic E-state index is -5.02. The first kappa shape index (κ1) is 33.7. The number of ether oxygens (including phenoxy) is 2. The van der Waals surface area contributed by atoms with Crippen LogP contribution in [0.2, 0.25) is 5.02 Å². The van der Waals surface area contributed by atoms with Crippen molar-refractivity contribution in [3.63, 3.8) is 0 Å². The highest BCUT2D eigenvalue weighted by Gasteiger charge is 2.37. The van der Waals surface area contributed by atoms with Gasteiger partial charge in [0.25, 0.3) is 10.0 Å². The van der Waals surface area contributed by atoms with E-state index in [1.807, 2.05) is 7.05 Å². The largest absolute Gasteiger partial charge is 0.497 e. The molecule has 0 aliphatic carbocycles. The standard InChI is InChI=1S/C31H38ClF3N4O4S/c1-31(2,3)19-37(4)16-20-12-13-38(17-20)24-15-23(33)30(29(35)28(24)32)44(40,41)39(27-9-7-8-26(34)36-27)18-21-10-11-22(42-5)14-25(21)43-6/h7-11,14-15,20H,12-13,16-19H2,1-6H3/t20-/m0/s1. The minimum Gasteiger partial charge on any atom is -0.497 e. The SMILES string of the molecule is COc1ccc(CN(c2cccc(F)n2)S(=O)(=O)c2c(F)cc(N3CC[C@@H](CN(C)CC(C)(C)C)C3)c(Cl)c2F)c(OC)c1. The topological polar surface area (TPSA) is 75.2 Å². The zero-order valence-corrected chi connectivity index (χ0v) is 27.3. The molecule has 44 heavy (non-hydrogen) atoms. The number of hydrogen-bond acceptors (Lipinski definition) is 7. The third-order valence-electron chi connectivity index (χ3n) is 7.35. The van der Waals surface area contributed by atoms with Gasteiger partial charge in [-0.1, -0.05) is 38.4 Å². The maximum Gasteiger partial charge on any atom is 0.271 e. The third-order valence-corrected chi connectivity index (χ3v) is 9.50. The van der Waals surface area contributed by atoms with Crippen molar-refractivity contribution in [1.29, 1.82) is 0 Å². The van der Waals surface area contributed by atoms with E-state index < -0.39 is 44.1 Å². The van der Waals surface area contributed by atoms with E-state index in [2.05, 4.69) is 30.7 Å². The van der Waals surface area contributed by atoms with Crippen LogP contribution < -0.4 is 18.7 Å². The predicted molar refractivity (Wildman–Crippen MR) is 166 cm³/mol. The van der Waals surface area contributed by atoms with Crippen LogP contribution in [0.3, 0.4) is 0 Å². The highest BCUT2D eigenvalue weighted by molar-refractivity contribution is 7.92. The zero-order chi connectivity index (χ0) is 32.4. The number of benzene rings is 2. The number of halogens is 4. The first-order chi connectivity index (χ1) is 20.6. The molecule has 1 atom stereocenters. The van der Waals surface area contributed by atoms with Crippen LogP contribution in [0.5, 0.6) is 11.5 Å². The monoisotopic (exact) mass is 654 g/mol. The zero-order valence-electron chi connectivity index (χ0n) is 25.7. The molecule has 13 heteroatoms. The van der Waals surface area contributed by atoms with Crippen LogP contribution >= 0.6 is 11.6 Å². The van der Waals surface area contributed by atoms with Crippen molar-refractivity contribution >= 4 is 33.1 Å². The molecule has 1 fully saturated rings. The van der Waals surface area contributed by atoms with Gasteiger partial charge in [0.2, 0.25) is 5.95 Å². The molecule has 2 heterocycles. The van der Waals surface area contributed by atoms with Crippen LogP contribution in [0.25, 0.3) is 0 Å². The van der Waals surface area contributed by atoms with Gasteiger partial charge in [0.05, 0.1) is 26.5 Å². The number of aromatic nitrogens is 1. The van der Waals surface area contributed by atoms with Crippen molar-refractivity contribution in [3.8, 4) is 11.5 Å². The number of methoxy groups -OCH3 is 2. The van der Waals surface area contributed by atoms with Gasteiger partial charge in [-0.3, -0.25) is 0 Å². The molecule has 2 aromatic carbocycles. The Morgan fingerprint density at radius 3 is 2.45 bits per heavy atom. The Labute approximate surface area is 262 Å². The van der Waals surface area contributed by atoms with Crippen molar-refractivity contribution < 1.29 is 31.1 Å². The number of nitrogens with zero attached hydrogens (tertiary/aromatic N) is 4. The first-order valence-corrected chi connectivity index (χ1v) is 15.9.